The summed E-state index contributed by atoms with van der Waals surface area (Å²) in [7, 11) is 1.93. The average molecular weight is 381 g/mol. The summed E-state index contributed by atoms with van der Waals surface area (Å²) in [6.45, 7) is 3.90. The van der Waals surface area contributed by atoms with E-state index in [-0.39, 0.29) is 17.6 Å². The highest BCUT2D eigenvalue weighted by atomic mass is 19.1. The highest BCUT2D eigenvalue weighted by Gasteiger charge is 2.28. The lowest BCUT2D eigenvalue weighted by Gasteiger charge is -2.33. The third-order valence-electron chi connectivity index (χ3n) is 5.39. The molecule has 0 radical (unpaired) electrons. The smallest absolute Gasteiger partial charge is 0.225 e. The number of fused-ring (bicyclic) bond motifs is 1. The van der Waals surface area contributed by atoms with Crippen molar-refractivity contribution in [3.8, 4) is 0 Å². The number of carbonyl (C=O) groups is 1. The fraction of sp³-hybridized carbons (Fsp3) is 0.381. The minimum absolute atomic E-state index is 0.0300. The molecule has 3 heterocycles. The summed E-state index contributed by atoms with van der Waals surface area (Å²) in [5.74, 6) is 0.546. The lowest BCUT2D eigenvalue weighted by Crippen LogP contribution is -2.43. The van der Waals surface area contributed by atoms with Crippen LogP contribution in [0.2, 0.25) is 0 Å². The third kappa shape index (κ3) is 3.56. The zero-order chi connectivity index (χ0) is 19.7. The van der Waals surface area contributed by atoms with Crippen LogP contribution in [0, 0.1) is 18.7 Å². The Balaban J connectivity index is 1.47. The van der Waals surface area contributed by atoms with Crippen molar-refractivity contribution in [1.82, 2.24) is 20.1 Å². The lowest BCUT2D eigenvalue weighted by atomic mass is 9.97. The maximum Gasteiger partial charge on any atom is 0.225 e. The Hall–Kier alpha value is -2.96. The van der Waals surface area contributed by atoms with Crippen molar-refractivity contribution in [3.05, 3.63) is 53.6 Å². The molecule has 1 saturated heterocycles. The van der Waals surface area contributed by atoms with E-state index in [4.69, 9.17) is 0 Å². The highest BCUT2D eigenvalue weighted by molar-refractivity contribution is 5.91. The topological polar surface area (TPSA) is 63.1 Å². The van der Waals surface area contributed by atoms with E-state index in [1.54, 1.807) is 12.1 Å². The van der Waals surface area contributed by atoms with Crippen molar-refractivity contribution in [2.24, 2.45) is 13.0 Å². The summed E-state index contributed by atoms with van der Waals surface area (Å²) in [5.41, 5.74) is 2.87. The van der Waals surface area contributed by atoms with E-state index >= 15 is 0 Å². The van der Waals surface area contributed by atoms with E-state index < -0.39 is 0 Å². The van der Waals surface area contributed by atoms with Crippen LogP contribution >= 0.6 is 0 Å². The number of rotatable bonds is 4. The monoisotopic (exact) mass is 381 g/mol. The first-order valence-electron chi connectivity index (χ1n) is 9.58. The van der Waals surface area contributed by atoms with E-state index in [1.807, 2.05) is 30.9 Å². The number of amides is 1. The van der Waals surface area contributed by atoms with Crippen LogP contribution in [0.5, 0.6) is 0 Å². The Morgan fingerprint density at radius 2 is 2.07 bits per heavy atom. The number of nitrogens with zero attached hydrogens (tertiary/aromatic N) is 4. The van der Waals surface area contributed by atoms with Crippen LogP contribution in [0.15, 0.2) is 36.5 Å². The molecule has 1 aromatic carbocycles. The largest absolute Gasteiger partial charge is 0.354 e. The number of aromatic nitrogens is 3. The number of hydrogen-bond acceptors (Lipinski definition) is 4. The second-order valence-corrected chi connectivity index (χ2v) is 7.37. The molecule has 1 aliphatic heterocycles. The van der Waals surface area contributed by atoms with Gasteiger partial charge in [0.15, 0.2) is 5.82 Å². The van der Waals surface area contributed by atoms with Gasteiger partial charge in [-0.15, -0.1) is 0 Å². The Labute approximate surface area is 163 Å². The molecular formula is C21H24FN5O. The van der Waals surface area contributed by atoms with Crippen molar-refractivity contribution in [1.29, 1.82) is 0 Å². The molecule has 2 aromatic heterocycles. The van der Waals surface area contributed by atoms with Gasteiger partial charge >= 0.3 is 0 Å². The zero-order valence-electron chi connectivity index (χ0n) is 16.2. The molecule has 1 N–H and O–H groups in total. The Morgan fingerprint density at radius 1 is 1.29 bits per heavy atom. The maximum absolute atomic E-state index is 13.0. The van der Waals surface area contributed by atoms with Crippen LogP contribution in [-0.2, 0) is 18.4 Å². The molecule has 1 unspecified atom stereocenters. The van der Waals surface area contributed by atoms with E-state index in [1.165, 1.54) is 12.1 Å². The minimum atomic E-state index is -0.273. The molecule has 0 aliphatic carbocycles. The number of carbonyl (C=O) groups excluding carboxylic acids is 1. The number of aryl methyl sites for hydroxylation is 2. The van der Waals surface area contributed by atoms with Gasteiger partial charge in [-0.25, -0.2) is 9.37 Å². The van der Waals surface area contributed by atoms with E-state index in [2.05, 4.69) is 20.3 Å². The van der Waals surface area contributed by atoms with Crippen LogP contribution < -0.4 is 10.2 Å². The summed E-state index contributed by atoms with van der Waals surface area (Å²) < 4.78 is 14.9. The van der Waals surface area contributed by atoms with Crippen LogP contribution in [0.1, 0.15) is 24.1 Å². The van der Waals surface area contributed by atoms with Gasteiger partial charge in [0.25, 0.3) is 0 Å². The Morgan fingerprint density at radius 3 is 2.86 bits per heavy atom. The van der Waals surface area contributed by atoms with Crippen molar-refractivity contribution in [2.45, 2.75) is 26.3 Å². The van der Waals surface area contributed by atoms with Gasteiger partial charge in [-0.1, -0.05) is 12.1 Å². The molecule has 4 rings (SSSR count). The second kappa shape index (κ2) is 7.58. The number of halogens is 1. The summed E-state index contributed by atoms with van der Waals surface area (Å²) in [6, 6.07) is 8.19. The molecule has 7 heteroatoms. The van der Waals surface area contributed by atoms with Crippen LogP contribution in [0.25, 0.3) is 10.9 Å². The molecule has 6 nitrogen and oxygen atoms in total. The first kappa shape index (κ1) is 18.4. The average Bonchev–Trinajstić information content (AvgIpc) is 3.01. The van der Waals surface area contributed by atoms with Gasteiger partial charge in [0.1, 0.15) is 11.3 Å². The Kier molecular flexibility index (Phi) is 4.98. The van der Waals surface area contributed by atoms with Gasteiger partial charge in [-0.05, 0) is 43.5 Å². The molecule has 3 aromatic rings. The molecule has 1 fully saturated rings. The first-order valence-corrected chi connectivity index (χ1v) is 9.58. The normalized spacial score (nSPS) is 17.1. The third-order valence-corrected chi connectivity index (χ3v) is 5.39. The predicted molar refractivity (Wildman–Crippen MR) is 106 cm³/mol. The standard InChI is InChI=1S/C21H24FN5O/c1-14-18-9-10-23-20(19(18)26(2)25-14)27-11-3-4-16(13-27)21(28)24-12-15-5-7-17(22)8-6-15/h5-10,16H,3-4,11-13H2,1-2H3,(H,24,28). The maximum atomic E-state index is 13.0. The zero-order valence-corrected chi connectivity index (χ0v) is 16.2. The summed E-state index contributed by atoms with van der Waals surface area (Å²) >= 11 is 0. The summed E-state index contributed by atoms with van der Waals surface area (Å²) in [4.78, 5) is 19.5. The molecule has 0 spiro atoms. The van der Waals surface area contributed by atoms with Gasteiger partial charge in [-0.2, -0.15) is 5.10 Å². The fourth-order valence-electron chi connectivity index (χ4n) is 3.93. The number of anilines is 1. The quantitative estimate of drug-likeness (QED) is 0.755. The van der Waals surface area contributed by atoms with Crippen molar-refractivity contribution >= 4 is 22.6 Å². The minimum Gasteiger partial charge on any atom is -0.354 e. The number of pyridine rings is 1. The van der Waals surface area contributed by atoms with Gasteiger partial charge in [0.2, 0.25) is 5.91 Å². The molecule has 1 aliphatic rings. The molecule has 28 heavy (non-hydrogen) atoms. The summed E-state index contributed by atoms with van der Waals surface area (Å²) in [6.07, 6.45) is 3.60. The van der Waals surface area contributed by atoms with Crippen LogP contribution in [-0.4, -0.2) is 33.8 Å². The van der Waals surface area contributed by atoms with Gasteiger partial charge in [-0.3, -0.25) is 9.48 Å². The first-order chi connectivity index (χ1) is 13.5. The highest BCUT2D eigenvalue weighted by Crippen LogP contribution is 2.29. The lowest BCUT2D eigenvalue weighted by molar-refractivity contribution is -0.125. The van der Waals surface area contributed by atoms with E-state index in [9.17, 15) is 9.18 Å². The Bertz CT molecular complexity index is 998. The number of nitrogens with one attached hydrogen (secondary N) is 1. The molecule has 146 valence electrons. The predicted octanol–water partition coefficient (Wildman–Crippen LogP) is 2.95. The molecule has 0 saturated carbocycles. The van der Waals surface area contributed by atoms with E-state index in [0.29, 0.717) is 13.1 Å². The SMILES string of the molecule is Cc1nn(C)c2c(N3CCCC(C(=O)NCc4ccc(F)cc4)C3)nccc12. The summed E-state index contributed by atoms with van der Waals surface area (Å²) in [5, 5.41) is 8.59. The van der Waals surface area contributed by atoms with Crippen molar-refractivity contribution in [3.63, 3.8) is 0 Å². The number of piperidine rings is 1. The molecule has 1 atom stereocenters. The van der Waals surface area contributed by atoms with Gasteiger partial charge in [0.05, 0.1) is 11.6 Å². The number of benzene rings is 1. The van der Waals surface area contributed by atoms with E-state index in [0.717, 1.165) is 47.4 Å². The molecular weight excluding hydrogens is 357 g/mol. The molecule has 0 bridgehead atoms. The van der Waals surface area contributed by atoms with Crippen molar-refractivity contribution in [2.75, 3.05) is 18.0 Å². The molecule has 1 amide bonds. The van der Waals surface area contributed by atoms with Crippen LogP contribution in [0.4, 0.5) is 10.2 Å². The van der Waals surface area contributed by atoms with Crippen molar-refractivity contribution < 1.29 is 9.18 Å². The van der Waals surface area contributed by atoms with Gasteiger partial charge in [0, 0.05) is 38.3 Å². The van der Waals surface area contributed by atoms with Gasteiger partial charge < -0.3 is 10.2 Å². The van der Waals surface area contributed by atoms with Crippen LogP contribution in [0.3, 0.4) is 0 Å². The number of hydrogen-bond donors (Lipinski definition) is 1. The fourth-order valence-corrected chi connectivity index (χ4v) is 3.93. The second-order valence-electron chi connectivity index (χ2n) is 7.37.